The summed E-state index contributed by atoms with van der Waals surface area (Å²) in [6.07, 6.45) is 3.13. The Balaban J connectivity index is 2.44. The van der Waals surface area contributed by atoms with Gasteiger partial charge in [0.2, 0.25) is 0 Å². The lowest BCUT2D eigenvalue weighted by Crippen LogP contribution is -2.14. The zero-order valence-electron chi connectivity index (χ0n) is 7.62. The first-order valence-corrected chi connectivity index (χ1v) is 4.16. The average molecular weight is 202 g/mol. The third kappa shape index (κ3) is 1.76. The molecule has 0 fully saturated rings. The zero-order valence-corrected chi connectivity index (χ0v) is 7.62. The van der Waals surface area contributed by atoms with Crippen LogP contribution in [0, 0.1) is 11.3 Å². The molecule has 2 aromatic heterocycles. The molecule has 15 heavy (non-hydrogen) atoms. The van der Waals surface area contributed by atoms with E-state index in [4.69, 9.17) is 9.68 Å². The van der Waals surface area contributed by atoms with E-state index in [-0.39, 0.29) is 12.4 Å². The summed E-state index contributed by atoms with van der Waals surface area (Å²) in [4.78, 5) is 15.0. The lowest BCUT2D eigenvalue weighted by atomic mass is 10.3. The summed E-state index contributed by atoms with van der Waals surface area (Å²) in [5.41, 5.74) is 0.603. The Kier molecular flexibility index (Phi) is 2.29. The topological polar surface area (TPSA) is 84.7 Å². The minimum atomic E-state index is -0.643. The lowest BCUT2D eigenvalue weighted by Gasteiger charge is -1.90. The fourth-order valence-corrected chi connectivity index (χ4v) is 1.08. The van der Waals surface area contributed by atoms with Gasteiger partial charge in [0.15, 0.2) is 0 Å². The molecule has 0 N–H and O–H groups in total. The molecule has 6 heteroatoms. The van der Waals surface area contributed by atoms with Gasteiger partial charge in [-0.05, 0) is 12.1 Å². The van der Waals surface area contributed by atoms with Gasteiger partial charge in [-0.25, -0.2) is 4.79 Å². The quantitative estimate of drug-likeness (QED) is 0.704. The monoisotopic (exact) mass is 202 g/mol. The number of pyridine rings is 1. The molecule has 0 amide bonds. The minimum Gasteiger partial charge on any atom is -0.388 e. The Morgan fingerprint density at radius 2 is 2.47 bits per heavy atom. The summed E-state index contributed by atoms with van der Waals surface area (Å²) in [7, 11) is 0. The van der Waals surface area contributed by atoms with Crippen molar-refractivity contribution >= 4 is 0 Å². The summed E-state index contributed by atoms with van der Waals surface area (Å²) in [6.45, 7) is -0.122. The van der Waals surface area contributed by atoms with Crippen LogP contribution in [0.5, 0.6) is 0 Å². The van der Waals surface area contributed by atoms with Crippen LogP contribution in [0.3, 0.4) is 0 Å². The Bertz CT molecular complexity index is 549. The molecule has 0 saturated heterocycles. The predicted molar refractivity (Wildman–Crippen MR) is 49.6 cm³/mol. The van der Waals surface area contributed by atoms with Crippen LogP contribution in [-0.2, 0) is 6.54 Å². The van der Waals surface area contributed by atoms with Gasteiger partial charge in [-0.3, -0.25) is 4.98 Å². The van der Waals surface area contributed by atoms with Gasteiger partial charge in [0.25, 0.3) is 5.89 Å². The number of rotatable bonds is 2. The van der Waals surface area contributed by atoms with Crippen LogP contribution in [0.1, 0.15) is 0 Å². The maximum absolute atomic E-state index is 11.2. The number of hydrogen-bond acceptors (Lipinski definition) is 5. The second-order valence-electron chi connectivity index (χ2n) is 2.73. The van der Waals surface area contributed by atoms with Crippen molar-refractivity contribution in [1.29, 1.82) is 5.26 Å². The van der Waals surface area contributed by atoms with Crippen LogP contribution in [0.2, 0.25) is 0 Å². The van der Waals surface area contributed by atoms with E-state index in [9.17, 15) is 4.79 Å². The van der Waals surface area contributed by atoms with Crippen molar-refractivity contribution in [2.75, 3.05) is 0 Å². The Labute approximate surface area is 84.4 Å². The van der Waals surface area contributed by atoms with E-state index >= 15 is 0 Å². The third-order valence-corrected chi connectivity index (χ3v) is 1.74. The van der Waals surface area contributed by atoms with Gasteiger partial charge >= 0.3 is 5.76 Å². The maximum atomic E-state index is 11.2. The summed E-state index contributed by atoms with van der Waals surface area (Å²) < 4.78 is 5.82. The first-order valence-electron chi connectivity index (χ1n) is 4.16. The number of nitriles is 1. The molecule has 0 spiro atoms. The van der Waals surface area contributed by atoms with E-state index in [1.807, 2.05) is 6.07 Å². The maximum Gasteiger partial charge on any atom is 0.438 e. The van der Waals surface area contributed by atoms with E-state index in [0.29, 0.717) is 5.56 Å². The molecule has 74 valence electrons. The molecule has 0 bridgehead atoms. The van der Waals surface area contributed by atoms with Gasteiger partial charge in [-0.1, -0.05) is 0 Å². The molecular formula is C9H6N4O2. The molecule has 0 aliphatic rings. The highest BCUT2D eigenvalue weighted by molar-refractivity contribution is 5.49. The van der Waals surface area contributed by atoms with Crippen LogP contribution in [0.4, 0.5) is 0 Å². The first kappa shape index (κ1) is 9.15. The van der Waals surface area contributed by atoms with Crippen molar-refractivity contribution in [1.82, 2.24) is 14.8 Å². The number of hydrogen-bond donors (Lipinski definition) is 0. The molecule has 2 aromatic rings. The molecule has 2 rings (SSSR count). The van der Waals surface area contributed by atoms with Crippen LogP contribution in [0.25, 0.3) is 11.5 Å². The largest absolute Gasteiger partial charge is 0.438 e. The van der Waals surface area contributed by atoms with Gasteiger partial charge in [-0.15, -0.1) is 5.10 Å². The Hall–Kier alpha value is -2.42. The van der Waals surface area contributed by atoms with Crippen LogP contribution >= 0.6 is 0 Å². The smallest absolute Gasteiger partial charge is 0.388 e. The van der Waals surface area contributed by atoms with Gasteiger partial charge < -0.3 is 4.42 Å². The fraction of sp³-hybridized carbons (Fsp3) is 0.111. The van der Waals surface area contributed by atoms with E-state index < -0.39 is 5.76 Å². The van der Waals surface area contributed by atoms with E-state index in [0.717, 1.165) is 4.68 Å². The van der Waals surface area contributed by atoms with Crippen molar-refractivity contribution < 1.29 is 4.42 Å². The molecule has 0 aliphatic carbocycles. The van der Waals surface area contributed by atoms with Gasteiger partial charge in [0.05, 0.1) is 11.6 Å². The van der Waals surface area contributed by atoms with Gasteiger partial charge in [0.1, 0.15) is 6.54 Å². The first-order chi connectivity index (χ1) is 7.31. The summed E-state index contributed by atoms with van der Waals surface area (Å²) >= 11 is 0. The van der Waals surface area contributed by atoms with Crippen molar-refractivity contribution in [3.63, 3.8) is 0 Å². The Morgan fingerprint density at radius 1 is 1.60 bits per heavy atom. The molecule has 0 unspecified atom stereocenters. The van der Waals surface area contributed by atoms with Gasteiger partial charge in [-0.2, -0.15) is 9.94 Å². The highest BCUT2D eigenvalue weighted by Crippen LogP contribution is 2.12. The number of nitrogens with zero attached hydrogens (tertiary/aromatic N) is 4. The Morgan fingerprint density at radius 3 is 3.13 bits per heavy atom. The molecule has 0 saturated carbocycles. The average Bonchev–Trinajstić information content (AvgIpc) is 2.63. The molecule has 0 aliphatic heterocycles. The van der Waals surface area contributed by atoms with Crippen molar-refractivity contribution in [3.05, 3.63) is 35.1 Å². The van der Waals surface area contributed by atoms with Crippen LogP contribution in [0.15, 0.2) is 33.7 Å². The molecule has 0 aromatic carbocycles. The van der Waals surface area contributed by atoms with Crippen molar-refractivity contribution in [3.8, 4) is 17.5 Å². The van der Waals surface area contributed by atoms with Crippen LogP contribution < -0.4 is 5.76 Å². The highest BCUT2D eigenvalue weighted by atomic mass is 16.4. The predicted octanol–water partition coefficient (Wildman–Crippen LogP) is 0.422. The van der Waals surface area contributed by atoms with Gasteiger partial charge in [0, 0.05) is 12.4 Å². The molecule has 0 radical (unpaired) electrons. The normalized spacial score (nSPS) is 9.80. The SMILES string of the molecule is N#CCn1nc(-c2cccnc2)oc1=O. The minimum absolute atomic E-state index is 0.122. The standard InChI is InChI=1S/C9H6N4O2/c10-3-5-13-9(14)15-8(12-13)7-2-1-4-11-6-7/h1-2,4,6H,5H2. The third-order valence-electron chi connectivity index (χ3n) is 1.74. The summed E-state index contributed by atoms with van der Waals surface area (Å²) in [5, 5.41) is 12.3. The number of aromatic nitrogens is 3. The molecule has 2 heterocycles. The summed E-state index contributed by atoms with van der Waals surface area (Å²) in [5.74, 6) is -0.473. The molecular weight excluding hydrogens is 196 g/mol. The second kappa shape index (κ2) is 3.75. The van der Waals surface area contributed by atoms with E-state index in [1.165, 1.54) is 6.20 Å². The van der Waals surface area contributed by atoms with Crippen LogP contribution in [-0.4, -0.2) is 14.8 Å². The fourth-order valence-electron chi connectivity index (χ4n) is 1.08. The second-order valence-corrected chi connectivity index (χ2v) is 2.73. The van der Waals surface area contributed by atoms with Crippen molar-refractivity contribution in [2.24, 2.45) is 0 Å². The zero-order chi connectivity index (χ0) is 10.7. The van der Waals surface area contributed by atoms with Crippen molar-refractivity contribution in [2.45, 2.75) is 6.54 Å². The van der Waals surface area contributed by atoms with E-state index in [2.05, 4.69) is 10.1 Å². The van der Waals surface area contributed by atoms with E-state index in [1.54, 1.807) is 18.3 Å². The molecule has 6 nitrogen and oxygen atoms in total. The lowest BCUT2D eigenvalue weighted by molar-refractivity contribution is 0.498. The highest BCUT2D eigenvalue weighted by Gasteiger charge is 2.09. The molecule has 0 atom stereocenters. The summed E-state index contributed by atoms with van der Waals surface area (Å²) in [6, 6.07) is 5.24.